The first-order chi connectivity index (χ1) is 18.5. The molecule has 0 aliphatic carbocycles. The number of esters is 2. The van der Waals surface area contributed by atoms with Crippen molar-refractivity contribution in [2.75, 3.05) is 26.3 Å². The number of benzene rings is 2. The summed E-state index contributed by atoms with van der Waals surface area (Å²) in [7, 11) is 0. The van der Waals surface area contributed by atoms with Crippen LogP contribution in [0, 0.1) is 31.3 Å². The van der Waals surface area contributed by atoms with Crippen molar-refractivity contribution in [1.82, 2.24) is 10.6 Å². The largest absolute Gasteiger partial charge is 0.463 e. The third-order valence-corrected chi connectivity index (χ3v) is 6.88. The molecular weight excluding hydrogens is 611 g/mol. The van der Waals surface area contributed by atoms with E-state index >= 15 is 0 Å². The predicted molar refractivity (Wildman–Crippen MR) is 160 cm³/mol. The molecule has 0 fully saturated rings. The minimum Gasteiger partial charge on any atom is -0.463 e. The van der Waals surface area contributed by atoms with Gasteiger partial charge in [0.1, 0.15) is 0 Å². The lowest BCUT2D eigenvalue weighted by molar-refractivity contribution is -0.138. The summed E-state index contributed by atoms with van der Waals surface area (Å²) < 4.78 is 10.6. The highest BCUT2D eigenvalue weighted by atomic mass is 127. The molecule has 0 saturated heterocycles. The Labute approximate surface area is 243 Å². The molecule has 2 aromatic carbocycles. The molecule has 0 bridgehead atoms. The molecule has 9 heteroatoms. The van der Waals surface area contributed by atoms with E-state index in [1.54, 1.807) is 19.9 Å². The molecule has 39 heavy (non-hydrogen) atoms. The van der Waals surface area contributed by atoms with Crippen LogP contribution in [0.25, 0.3) is 5.57 Å². The molecule has 2 amide bonds. The number of hydrogen-bond acceptors (Lipinski definition) is 6. The van der Waals surface area contributed by atoms with Gasteiger partial charge in [0, 0.05) is 34.4 Å². The van der Waals surface area contributed by atoms with Gasteiger partial charge >= 0.3 is 11.9 Å². The predicted octanol–water partition coefficient (Wildman–Crippen LogP) is 4.75. The molecular formula is C30H35IN2O6. The second kappa shape index (κ2) is 15.2. The van der Waals surface area contributed by atoms with Crippen molar-refractivity contribution in [3.63, 3.8) is 0 Å². The lowest BCUT2D eigenvalue weighted by atomic mass is 9.91. The first-order valence-electron chi connectivity index (χ1n) is 12.6. The van der Waals surface area contributed by atoms with Crippen molar-refractivity contribution in [3.05, 3.63) is 85.0 Å². The lowest BCUT2D eigenvalue weighted by Crippen LogP contribution is -2.31. The summed E-state index contributed by atoms with van der Waals surface area (Å²) in [5, 5.41) is 5.51. The van der Waals surface area contributed by atoms with Gasteiger partial charge in [-0.2, -0.15) is 0 Å². The Bertz CT molecular complexity index is 1310. The summed E-state index contributed by atoms with van der Waals surface area (Å²) >= 11 is 2.15. The van der Waals surface area contributed by atoms with Gasteiger partial charge in [-0.05, 0) is 116 Å². The van der Waals surface area contributed by atoms with Crippen molar-refractivity contribution in [1.29, 1.82) is 0 Å². The molecule has 0 saturated carbocycles. The van der Waals surface area contributed by atoms with Crippen LogP contribution in [0.4, 0.5) is 0 Å². The van der Waals surface area contributed by atoms with Gasteiger partial charge in [-0.15, -0.1) is 0 Å². The van der Waals surface area contributed by atoms with E-state index in [-0.39, 0.29) is 17.8 Å². The molecule has 1 aliphatic rings. The van der Waals surface area contributed by atoms with Gasteiger partial charge in [0.15, 0.2) is 0 Å². The zero-order valence-corrected chi connectivity index (χ0v) is 25.4. The Kier molecular flexibility index (Phi) is 12.4. The van der Waals surface area contributed by atoms with E-state index in [1.807, 2.05) is 52.0 Å². The van der Waals surface area contributed by atoms with Crippen molar-refractivity contribution < 1.29 is 28.7 Å². The number of aryl methyl sites for hydroxylation is 4. The topological polar surface area (TPSA) is 111 Å². The smallest absolute Gasteiger partial charge is 0.331 e. The van der Waals surface area contributed by atoms with E-state index < -0.39 is 5.97 Å². The average molecular weight is 647 g/mol. The minimum atomic E-state index is -0.400. The fourth-order valence-electron chi connectivity index (χ4n) is 3.64. The van der Waals surface area contributed by atoms with E-state index in [1.165, 1.54) is 12.2 Å². The summed E-state index contributed by atoms with van der Waals surface area (Å²) in [6.07, 6.45) is 4.34. The van der Waals surface area contributed by atoms with Crippen LogP contribution in [0.5, 0.6) is 0 Å². The zero-order chi connectivity index (χ0) is 29.1. The van der Waals surface area contributed by atoms with E-state index in [4.69, 9.17) is 9.47 Å². The molecule has 8 nitrogen and oxygen atoms in total. The van der Waals surface area contributed by atoms with Crippen molar-refractivity contribution in [2.45, 2.75) is 41.5 Å². The normalized spacial score (nSPS) is 13.2. The zero-order valence-electron chi connectivity index (χ0n) is 23.2. The van der Waals surface area contributed by atoms with E-state index in [2.05, 4.69) is 33.2 Å². The number of nitrogens with one attached hydrogen (secondary N) is 2. The summed E-state index contributed by atoms with van der Waals surface area (Å²) in [5.74, 6) is -1.02. The molecule has 208 valence electrons. The molecule has 0 radical (unpaired) electrons. The molecule has 0 atom stereocenters. The minimum absolute atomic E-state index is 0.0980. The summed E-state index contributed by atoms with van der Waals surface area (Å²) in [6.45, 7) is 12.8. The molecule has 0 unspecified atom stereocenters. The maximum Gasteiger partial charge on any atom is 0.331 e. The van der Waals surface area contributed by atoms with E-state index in [9.17, 15) is 19.2 Å². The van der Waals surface area contributed by atoms with Crippen LogP contribution in [0.1, 0.15) is 62.4 Å². The van der Waals surface area contributed by atoms with E-state index in [0.29, 0.717) is 37.4 Å². The summed E-state index contributed by atoms with van der Waals surface area (Å²) in [6, 6.07) is 7.67. The van der Waals surface area contributed by atoms with Crippen LogP contribution in [0.15, 0.2) is 42.5 Å². The number of carbonyl (C=O) groups excluding carboxylic acids is 4. The van der Waals surface area contributed by atoms with Crippen LogP contribution in [0.3, 0.4) is 0 Å². The second-order valence-electron chi connectivity index (χ2n) is 8.87. The summed E-state index contributed by atoms with van der Waals surface area (Å²) in [4.78, 5) is 46.5. The fourth-order valence-corrected chi connectivity index (χ4v) is 4.51. The van der Waals surface area contributed by atoms with Gasteiger partial charge in [-0.1, -0.05) is 12.1 Å². The molecule has 0 aromatic heterocycles. The third kappa shape index (κ3) is 9.35. The Morgan fingerprint density at radius 3 is 2.10 bits per heavy atom. The summed E-state index contributed by atoms with van der Waals surface area (Å²) in [5.41, 5.74) is 7.28. The molecule has 1 aliphatic heterocycles. The number of hydrogen-bond donors (Lipinski definition) is 2. The van der Waals surface area contributed by atoms with Gasteiger partial charge in [-0.25, -0.2) is 9.59 Å². The monoisotopic (exact) mass is 646 g/mol. The van der Waals surface area contributed by atoms with Crippen molar-refractivity contribution >= 4 is 51.9 Å². The molecule has 0 spiro atoms. The number of amides is 2. The Morgan fingerprint density at radius 2 is 1.46 bits per heavy atom. The number of rotatable bonds is 7. The quantitative estimate of drug-likeness (QED) is 0.255. The standard InChI is InChI=1S/C15H18INO3.C15H17NO3/c1-4-20-14(18)6-5-7-17-15(19)12-8-10(2)11(3)9-13(12)16;1-4-19-14(17)7-11-8-16-15(18)13-6-10(3)9(2)5-12(11)13/h5-6,8-9H,4,7H2,1-3H3,(H,17,19);5-7H,4,8H2,1-3H3,(H,16,18)/b6-5-;11-7+. The lowest BCUT2D eigenvalue weighted by Gasteiger charge is -2.21. The first kappa shape index (κ1) is 31.7. The van der Waals surface area contributed by atoms with Crippen LogP contribution in [-0.4, -0.2) is 50.1 Å². The highest BCUT2D eigenvalue weighted by Gasteiger charge is 2.22. The highest BCUT2D eigenvalue weighted by Crippen LogP contribution is 2.26. The number of carbonyl (C=O) groups is 4. The fraction of sp³-hybridized carbons (Fsp3) is 0.333. The highest BCUT2D eigenvalue weighted by molar-refractivity contribution is 14.1. The molecule has 1 heterocycles. The number of ether oxygens (including phenoxy) is 2. The van der Waals surface area contributed by atoms with Crippen LogP contribution >= 0.6 is 22.6 Å². The van der Waals surface area contributed by atoms with Gasteiger partial charge in [-0.3, -0.25) is 9.59 Å². The number of halogens is 1. The third-order valence-electron chi connectivity index (χ3n) is 5.99. The van der Waals surface area contributed by atoms with Crippen molar-refractivity contribution in [3.8, 4) is 0 Å². The SMILES string of the molecule is CCOC(=O)/C=C1\CNC(=O)c2cc(C)c(C)cc21.CCOC(=O)/C=C\CNC(=O)c1cc(C)c(C)cc1I. The Balaban J connectivity index is 0.000000274. The Hall–Kier alpha value is -3.47. The van der Waals surface area contributed by atoms with Crippen molar-refractivity contribution in [2.24, 2.45) is 0 Å². The van der Waals surface area contributed by atoms with Gasteiger partial charge < -0.3 is 20.1 Å². The maximum absolute atomic E-state index is 12.0. The second-order valence-corrected chi connectivity index (χ2v) is 10.0. The molecule has 2 N–H and O–H groups in total. The first-order valence-corrected chi connectivity index (χ1v) is 13.7. The van der Waals surface area contributed by atoms with Gasteiger partial charge in [0.2, 0.25) is 0 Å². The average Bonchev–Trinajstić information content (AvgIpc) is 2.87. The molecule has 2 aromatic rings. The Morgan fingerprint density at radius 1 is 0.897 bits per heavy atom. The number of fused-ring (bicyclic) bond motifs is 1. The maximum atomic E-state index is 12.0. The van der Waals surface area contributed by atoms with Crippen LogP contribution in [0.2, 0.25) is 0 Å². The van der Waals surface area contributed by atoms with Gasteiger partial charge in [0.05, 0.1) is 18.8 Å². The van der Waals surface area contributed by atoms with E-state index in [0.717, 1.165) is 37.0 Å². The van der Waals surface area contributed by atoms with Gasteiger partial charge in [0.25, 0.3) is 11.8 Å². The van der Waals surface area contributed by atoms with Crippen LogP contribution < -0.4 is 10.6 Å². The molecule has 3 rings (SSSR count). The van der Waals surface area contributed by atoms with Crippen LogP contribution in [-0.2, 0) is 19.1 Å².